The number of halogens is 1. The van der Waals surface area contributed by atoms with Crippen LogP contribution in [0.25, 0.3) is 0 Å². The van der Waals surface area contributed by atoms with Gasteiger partial charge in [0.05, 0.1) is 5.01 Å². The van der Waals surface area contributed by atoms with Gasteiger partial charge in [-0.25, -0.2) is 9.37 Å². The molecule has 2 rings (SSSR count). The summed E-state index contributed by atoms with van der Waals surface area (Å²) in [7, 11) is 0. The minimum absolute atomic E-state index is 0.145. The standard InChI is InChI=1S/C14H17FN2S/c1-10(2)17-9-11-3-4-12(13(15)7-11)8-14-16-5-6-18-14/h3-7,10,17H,8-9H2,1-2H3. The van der Waals surface area contributed by atoms with E-state index in [2.05, 4.69) is 24.1 Å². The van der Waals surface area contributed by atoms with Crippen LogP contribution in [0.3, 0.4) is 0 Å². The van der Waals surface area contributed by atoms with Crippen LogP contribution in [0, 0.1) is 5.82 Å². The van der Waals surface area contributed by atoms with Crippen LogP contribution in [0.4, 0.5) is 4.39 Å². The number of benzene rings is 1. The third kappa shape index (κ3) is 3.62. The van der Waals surface area contributed by atoms with E-state index >= 15 is 0 Å². The molecule has 0 fully saturated rings. The van der Waals surface area contributed by atoms with Crippen LogP contribution in [0.2, 0.25) is 0 Å². The Bertz CT molecular complexity index is 495. The van der Waals surface area contributed by atoms with Crippen molar-refractivity contribution in [2.24, 2.45) is 0 Å². The Morgan fingerprint density at radius 1 is 1.39 bits per heavy atom. The van der Waals surface area contributed by atoms with E-state index in [9.17, 15) is 4.39 Å². The number of rotatable bonds is 5. The zero-order valence-electron chi connectivity index (χ0n) is 10.6. The van der Waals surface area contributed by atoms with E-state index in [4.69, 9.17) is 0 Å². The highest BCUT2D eigenvalue weighted by Gasteiger charge is 2.06. The smallest absolute Gasteiger partial charge is 0.127 e. The summed E-state index contributed by atoms with van der Waals surface area (Å²) in [4.78, 5) is 4.17. The number of nitrogens with zero attached hydrogens (tertiary/aromatic N) is 1. The number of nitrogens with one attached hydrogen (secondary N) is 1. The molecule has 0 spiro atoms. The molecule has 2 nitrogen and oxygen atoms in total. The van der Waals surface area contributed by atoms with Gasteiger partial charge >= 0.3 is 0 Å². The molecule has 4 heteroatoms. The highest BCUT2D eigenvalue weighted by Crippen LogP contribution is 2.16. The molecule has 0 unspecified atom stereocenters. The Morgan fingerprint density at radius 3 is 2.83 bits per heavy atom. The van der Waals surface area contributed by atoms with E-state index in [1.54, 1.807) is 23.6 Å². The fourth-order valence-electron chi connectivity index (χ4n) is 1.67. The molecule has 1 heterocycles. The first-order chi connectivity index (χ1) is 8.65. The molecule has 96 valence electrons. The maximum Gasteiger partial charge on any atom is 0.127 e. The summed E-state index contributed by atoms with van der Waals surface area (Å²) in [6.45, 7) is 4.85. The van der Waals surface area contributed by atoms with Crippen molar-refractivity contribution in [2.75, 3.05) is 0 Å². The second-order valence-corrected chi connectivity index (χ2v) is 5.54. The van der Waals surface area contributed by atoms with E-state index in [0.717, 1.165) is 10.6 Å². The van der Waals surface area contributed by atoms with E-state index in [1.165, 1.54) is 0 Å². The lowest BCUT2D eigenvalue weighted by Gasteiger charge is -2.09. The fourth-order valence-corrected chi connectivity index (χ4v) is 2.31. The van der Waals surface area contributed by atoms with Crippen LogP contribution in [-0.2, 0) is 13.0 Å². The van der Waals surface area contributed by atoms with Gasteiger partial charge in [-0.1, -0.05) is 26.0 Å². The Kier molecular flexibility index (Phi) is 4.44. The van der Waals surface area contributed by atoms with Gasteiger partial charge in [0.15, 0.2) is 0 Å². The van der Waals surface area contributed by atoms with Gasteiger partial charge < -0.3 is 5.32 Å². The third-order valence-electron chi connectivity index (χ3n) is 2.66. The van der Waals surface area contributed by atoms with Gasteiger partial charge in [0.2, 0.25) is 0 Å². The molecule has 0 aliphatic rings. The third-order valence-corrected chi connectivity index (χ3v) is 3.44. The lowest BCUT2D eigenvalue weighted by Crippen LogP contribution is -2.21. The zero-order valence-corrected chi connectivity index (χ0v) is 11.4. The predicted molar refractivity (Wildman–Crippen MR) is 73.3 cm³/mol. The van der Waals surface area contributed by atoms with Gasteiger partial charge in [-0.05, 0) is 17.2 Å². The molecule has 0 radical (unpaired) electrons. The highest BCUT2D eigenvalue weighted by atomic mass is 32.1. The molecule has 0 aliphatic heterocycles. The summed E-state index contributed by atoms with van der Waals surface area (Å²) in [5, 5.41) is 6.13. The SMILES string of the molecule is CC(C)NCc1ccc(Cc2nccs2)c(F)c1. The molecule has 1 aromatic heterocycles. The summed E-state index contributed by atoms with van der Waals surface area (Å²) in [5.74, 6) is -0.145. The highest BCUT2D eigenvalue weighted by molar-refractivity contribution is 7.09. The van der Waals surface area contributed by atoms with Gasteiger partial charge in [-0.15, -0.1) is 11.3 Å². The first-order valence-corrected chi connectivity index (χ1v) is 6.92. The summed E-state index contributed by atoms with van der Waals surface area (Å²) in [6, 6.07) is 5.84. The minimum atomic E-state index is -0.145. The molecule has 0 atom stereocenters. The summed E-state index contributed by atoms with van der Waals surface area (Å²) >= 11 is 1.55. The summed E-state index contributed by atoms with van der Waals surface area (Å²) < 4.78 is 13.9. The Balaban J connectivity index is 2.05. The van der Waals surface area contributed by atoms with Gasteiger partial charge in [-0.3, -0.25) is 0 Å². The van der Waals surface area contributed by atoms with Gasteiger partial charge in [0.1, 0.15) is 5.82 Å². The van der Waals surface area contributed by atoms with Gasteiger partial charge in [0.25, 0.3) is 0 Å². The quantitative estimate of drug-likeness (QED) is 0.895. The molecule has 1 N–H and O–H groups in total. The van der Waals surface area contributed by atoms with Crippen molar-refractivity contribution in [3.8, 4) is 0 Å². The van der Waals surface area contributed by atoms with Crippen molar-refractivity contribution in [3.63, 3.8) is 0 Å². The van der Waals surface area contributed by atoms with Gasteiger partial charge in [-0.2, -0.15) is 0 Å². The average molecular weight is 264 g/mol. The zero-order chi connectivity index (χ0) is 13.0. The average Bonchev–Trinajstić information content (AvgIpc) is 2.82. The normalized spacial score (nSPS) is 11.1. The van der Waals surface area contributed by atoms with Crippen LogP contribution < -0.4 is 5.32 Å². The van der Waals surface area contributed by atoms with Crippen molar-refractivity contribution in [3.05, 3.63) is 51.7 Å². The molecule has 1 aromatic carbocycles. The number of aromatic nitrogens is 1. The molecule has 0 aliphatic carbocycles. The first kappa shape index (κ1) is 13.2. The molecular weight excluding hydrogens is 247 g/mol. The largest absolute Gasteiger partial charge is 0.310 e. The van der Waals surface area contributed by atoms with Crippen molar-refractivity contribution in [2.45, 2.75) is 32.9 Å². The Labute approximate surface area is 111 Å². The monoisotopic (exact) mass is 264 g/mol. The second kappa shape index (κ2) is 6.07. The lowest BCUT2D eigenvalue weighted by molar-refractivity contribution is 0.578. The van der Waals surface area contributed by atoms with Crippen LogP contribution in [-0.4, -0.2) is 11.0 Å². The molecule has 0 saturated heterocycles. The van der Waals surface area contributed by atoms with Crippen LogP contribution in [0.1, 0.15) is 30.0 Å². The van der Waals surface area contributed by atoms with Crippen molar-refractivity contribution < 1.29 is 4.39 Å². The number of hydrogen-bond donors (Lipinski definition) is 1. The van der Waals surface area contributed by atoms with E-state index in [1.807, 2.05) is 17.5 Å². The molecule has 0 saturated carbocycles. The maximum atomic E-state index is 13.9. The van der Waals surface area contributed by atoms with Crippen LogP contribution in [0.15, 0.2) is 29.8 Å². The maximum absolute atomic E-state index is 13.9. The van der Waals surface area contributed by atoms with E-state index in [-0.39, 0.29) is 5.82 Å². The fraction of sp³-hybridized carbons (Fsp3) is 0.357. The first-order valence-electron chi connectivity index (χ1n) is 6.04. The van der Waals surface area contributed by atoms with Crippen molar-refractivity contribution in [1.29, 1.82) is 0 Å². The molecule has 0 bridgehead atoms. The second-order valence-electron chi connectivity index (χ2n) is 4.56. The lowest BCUT2D eigenvalue weighted by atomic mass is 10.1. The van der Waals surface area contributed by atoms with Crippen molar-refractivity contribution in [1.82, 2.24) is 10.3 Å². The summed E-state index contributed by atoms with van der Waals surface area (Å²) in [6.07, 6.45) is 2.32. The molecule has 0 amide bonds. The number of hydrogen-bond acceptors (Lipinski definition) is 3. The molecule has 18 heavy (non-hydrogen) atoms. The predicted octanol–water partition coefficient (Wildman–Crippen LogP) is 3.37. The minimum Gasteiger partial charge on any atom is -0.310 e. The Morgan fingerprint density at radius 2 is 2.22 bits per heavy atom. The topological polar surface area (TPSA) is 24.9 Å². The molecular formula is C14H17FN2S. The van der Waals surface area contributed by atoms with E-state index < -0.39 is 0 Å². The van der Waals surface area contributed by atoms with E-state index in [0.29, 0.717) is 24.6 Å². The molecule has 2 aromatic rings. The number of thiazole rings is 1. The van der Waals surface area contributed by atoms with Crippen LogP contribution >= 0.6 is 11.3 Å². The van der Waals surface area contributed by atoms with Crippen LogP contribution in [0.5, 0.6) is 0 Å². The summed E-state index contributed by atoms with van der Waals surface area (Å²) in [5.41, 5.74) is 1.68. The Hall–Kier alpha value is -1.26. The van der Waals surface area contributed by atoms with Gasteiger partial charge in [0, 0.05) is 30.6 Å². The van der Waals surface area contributed by atoms with Crippen molar-refractivity contribution >= 4 is 11.3 Å².